The van der Waals surface area contributed by atoms with E-state index in [-0.39, 0.29) is 29.9 Å². The molecule has 1 aliphatic heterocycles. The van der Waals surface area contributed by atoms with Gasteiger partial charge in [0.25, 0.3) is 5.91 Å². The summed E-state index contributed by atoms with van der Waals surface area (Å²) >= 11 is 2.55. The van der Waals surface area contributed by atoms with Crippen molar-refractivity contribution in [2.45, 2.75) is 19.4 Å². The highest BCUT2D eigenvalue weighted by Crippen LogP contribution is 2.33. The molecule has 7 nitrogen and oxygen atoms in total. The number of nitrogens with one attached hydrogen (secondary N) is 1. The Labute approximate surface area is 200 Å². The molecule has 1 fully saturated rings. The second-order valence-corrected chi connectivity index (χ2v) is 10.3. The Bertz CT molecular complexity index is 1150. The quantitative estimate of drug-likeness (QED) is 0.604. The predicted molar refractivity (Wildman–Crippen MR) is 129 cm³/mol. The molecule has 0 saturated carbocycles. The monoisotopic (exact) mass is 480 g/mol. The van der Waals surface area contributed by atoms with Crippen LogP contribution in [0.15, 0.2) is 47.8 Å². The number of anilines is 1. The van der Waals surface area contributed by atoms with Crippen molar-refractivity contribution in [1.29, 1.82) is 0 Å². The van der Waals surface area contributed by atoms with Crippen LogP contribution in [0.5, 0.6) is 0 Å². The van der Waals surface area contributed by atoms with Crippen LogP contribution in [0, 0.1) is 5.92 Å². The Balaban J connectivity index is 1.19. The summed E-state index contributed by atoms with van der Waals surface area (Å²) in [5.41, 5.74) is 1.90. The Hall–Kier alpha value is -2.88. The van der Waals surface area contributed by atoms with Crippen molar-refractivity contribution in [2.24, 2.45) is 5.92 Å². The number of hydrogen-bond donors (Lipinski definition) is 1. The number of thiophene rings is 1. The molecule has 5 rings (SSSR count). The van der Waals surface area contributed by atoms with Gasteiger partial charge in [0.1, 0.15) is 0 Å². The number of thiazole rings is 1. The van der Waals surface area contributed by atoms with Crippen molar-refractivity contribution >= 4 is 45.4 Å². The van der Waals surface area contributed by atoms with Crippen LogP contribution in [0.3, 0.4) is 0 Å². The molecule has 0 unspecified atom stereocenters. The average molecular weight is 481 g/mol. The van der Waals surface area contributed by atoms with E-state index in [1.807, 2.05) is 34.5 Å². The van der Waals surface area contributed by atoms with Crippen molar-refractivity contribution in [1.82, 2.24) is 14.8 Å². The molecule has 1 aliphatic carbocycles. The largest absolute Gasteiger partial charge is 0.340 e. The van der Waals surface area contributed by atoms with Gasteiger partial charge in [-0.3, -0.25) is 24.6 Å². The highest BCUT2D eigenvalue weighted by Gasteiger charge is 2.36. The second-order valence-electron chi connectivity index (χ2n) is 8.34. The van der Waals surface area contributed by atoms with E-state index >= 15 is 0 Å². The van der Waals surface area contributed by atoms with E-state index in [1.165, 1.54) is 28.2 Å². The molecule has 2 amide bonds. The molecular weight excluding hydrogens is 456 g/mol. The first-order valence-corrected chi connectivity index (χ1v) is 12.7. The molecule has 3 aromatic rings. The highest BCUT2D eigenvalue weighted by atomic mass is 32.1. The van der Waals surface area contributed by atoms with Crippen LogP contribution in [-0.4, -0.2) is 58.6 Å². The number of benzene rings is 1. The minimum Gasteiger partial charge on any atom is -0.340 e. The van der Waals surface area contributed by atoms with Gasteiger partial charge in [0, 0.05) is 45.6 Å². The van der Waals surface area contributed by atoms with E-state index in [9.17, 15) is 14.4 Å². The third-order valence-electron chi connectivity index (χ3n) is 6.07. The molecule has 2 aromatic heterocycles. The van der Waals surface area contributed by atoms with Crippen LogP contribution in [0.1, 0.15) is 37.0 Å². The fourth-order valence-corrected chi connectivity index (χ4v) is 5.91. The second kappa shape index (κ2) is 9.54. The van der Waals surface area contributed by atoms with E-state index in [1.54, 1.807) is 6.07 Å². The zero-order valence-corrected chi connectivity index (χ0v) is 19.7. The number of ketones is 1. The van der Waals surface area contributed by atoms with Gasteiger partial charge < -0.3 is 4.90 Å². The van der Waals surface area contributed by atoms with E-state index in [0.717, 1.165) is 19.6 Å². The Morgan fingerprint density at radius 2 is 1.82 bits per heavy atom. The summed E-state index contributed by atoms with van der Waals surface area (Å²) in [4.78, 5) is 48.1. The van der Waals surface area contributed by atoms with Crippen LogP contribution >= 0.6 is 22.7 Å². The van der Waals surface area contributed by atoms with Gasteiger partial charge in [0.2, 0.25) is 5.91 Å². The van der Waals surface area contributed by atoms with Gasteiger partial charge >= 0.3 is 0 Å². The van der Waals surface area contributed by atoms with Crippen molar-refractivity contribution in [2.75, 3.05) is 31.5 Å². The maximum Gasteiger partial charge on any atom is 0.267 e. The van der Waals surface area contributed by atoms with Crippen molar-refractivity contribution in [3.63, 3.8) is 0 Å². The summed E-state index contributed by atoms with van der Waals surface area (Å²) in [6.45, 7) is 3.86. The number of nitrogens with zero attached hydrogens (tertiary/aromatic N) is 3. The van der Waals surface area contributed by atoms with Crippen molar-refractivity contribution in [3.8, 4) is 0 Å². The summed E-state index contributed by atoms with van der Waals surface area (Å²) in [5.74, 6) is -0.643. The first-order chi connectivity index (χ1) is 16.1. The number of fused-ring (bicyclic) bond motifs is 1. The van der Waals surface area contributed by atoms with Crippen LogP contribution in [0.2, 0.25) is 0 Å². The Morgan fingerprint density at radius 3 is 2.55 bits per heavy atom. The molecule has 3 heterocycles. The number of Topliss-reactive ketones (excluding diaryl/α,β-unsaturated/α-hetero) is 1. The van der Waals surface area contributed by atoms with Crippen LogP contribution in [0.4, 0.5) is 5.13 Å². The normalized spacial score (nSPS) is 18.7. The molecule has 1 saturated heterocycles. The number of piperazine rings is 1. The molecule has 0 spiro atoms. The highest BCUT2D eigenvalue weighted by molar-refractivity contribution is 7.18. The molecule has 1 N–H and O–H groups in total. The average Bonchev–Trinajstić information content (AvgIpc) is 3.50. The lowest BCUT2D eigenvalue weighted by Gasteiger charge is -2.36. The third kappa shape index (κ3) is 4.90. The van der Waals surface area contributed by atoms with E-state index in [0.29, 0.717) is 40.1 Å². The molecule has 33 heavy (non-hydrogen) atoms. The molecule has 9 heteroatoms. The lowest BCUT2D eigenvalue weighted by atomic mass is 9.88. The van der Waals surface area contributed by atoms with Gasteiger partial charge in [-0.15, -0.1) is 11.3 Å². The van der Waals surface area contributed by atoms with Crippen LogP contribution in [-0.2, 0) is 17.8 Å². The number of aromatic nitrogens is 1. The summed E-state index contributed by atoms with van der Waals surface area (Å²) in [6, 6.07) is 13.9. The fourth-order valence-electron chi connectivity index (χ4n) is 4.35. The van der Waals surface area contributed by atoms with Gasteiger partial charge in [0.05, 0.1) is 21.4 Å². The molecule has 0 bridgehead atoms. The van der Waals surface area contributed by atoms with Gasteiger partial charge in [0.15, 0.2) is 10.9 Å². The van der Waals surface area contributed by atoms with Crippen molar-refractivity contribution < 1.29 is 14.4 Å². The fraction of sp³-hybridized carbons (Fsp3) is 0.333. The zero-order chi connectivity index (χ0) is 22.8. The molecule has 1 aromatic carbocycles. The van der Waals surface area contributed by atoms with Crippen LogP contribution in [0.25, 0.3) is 0 Å². The summed E-state index contributed by atoms with van der Waals surface area (Å²) in [6.07, 6.45) is 0.645. The summed E-state index contributed by atoms with van der Waals surface area (Å²) < 4.78 is 0. The Kier molecular flexibility index (Phi) is 6.34. The minimum absolute atomic E-state index is 0.0329. The minimum atomic E-state index is -0.381. The van der Waals surface area contributed by atoms with Gasteiger partial charge in [-0.2, -0.15) is 0 Å². The first-order valence-electron chi connectivity index (χ1n) is 11.0. The van der Waals surface area contributed by atoms with E-state index < -0.39 is 0 Å². The topological polar surface area (TPSA) is 82.6 Å². The molecule has 1 atom stereocenters. The maximum absolute atomic E-state index is 13.2. The van der Waals surface area contributed by atoms with E-state index in [4.69, 9.17) is 0 Å². The standard InChI is InChI=1S/C24H24N4O3S2/c29-19-14-17(13-18-21(19)33-24(25-18)26-22(30)20-7-4-12-32-20)23(31)28-10-8-27(9-11-28)15-16-5-2-1-3-6-16/h1-7,12,17H,8-11,13-15H2,(H,25,26,30)/t17-/m1/s1. The zero-order valence-electron chi connectivity index (χ0n) is 18.0. The molecule has 2 aliphatic rings. The van der Waals surface area contributed by atoms with E-state index in [2.05, 4.69) is 27.3 Å². The lowest BCUT2D eigenvalue weighted by Crippen LogP contribution is -2.50. The number of carbonyl (C=O) groups excluding carboxylic acids is 3. The SMILES string of the molecule is O=C(Nc1nc2c(s1)C(=O)C[C@H](C(=O)N1CCN(Cc3ccccc3)CC1)C2)c1cccs1. The van der Waals surface area contributed by atoms with Gasteiger partial charge in [-0.05, 0) is 17.0 Å². The molecule has 170 valence electrons. The number of carbonyl (C=O) groups is 3. The lowest BCUT2D eigenvalue weighted by molar-refractivity contribution is -0.137. The molecule has 0 radical (unpaired) electrons. The van der Waals surface area contributed by atoms with Crippen LogP contribution < -0.4 is 5.32 Å². The first kappa shape index (κ1) is 21.9. The van der Waals surface area contributed by atoms with Gasteiger partial charge in [-0.25, -0.2) is 4.98 Å². The smallest absolute Gasteiger partial charge is 0.267 e. The number of amides is 2. The third-order valence-corrected chi connectivity index (χ3v) is 7.99. The van der Waals surface area contributed by atoms with Gasteiger partial charge in [-0.1, -0.05) is 47.7 Å². The molecular formula is C24H24N4O3S2. The summed E-state index contributed by atoms with van der Waals surface area (Å²) in [5, 5.41) is 5.03. The summed E-state index contributed by atoms with van der Waals surface area (Å²) in [7, 11) is 0. The Morgan fingerprint density at radius 1 is 1.03 bits per heavy atom. The predicted octanol–water partition coefficient (Wildman–Crippen LogP) is 3.55. The van der Waals surface area contributed by atoms with Crippen molar-refractivity contribution in [3.05, 3.63) is 68.9 Å². The number of hydrogen-bond acceptors (Lipinski definition) is 7. The maximum atomic E-state index is 13.2. The number of rotatable bonds is 5.